The molecule has 0 bridgehead atoms. The number of fused-ring (bicyclic) bond motifs is 2. The largest absolute Gasteiger partial charge is 0.463 e. The molecule has 34 heavy (non-hydrogen) atoms. The lowest BCUT2D eigenvalue weighted by atomic mass is 9.99. The van der Waals surface area contributed by atoms with Crippen molar-refractivity contribution < 1.29 is 43.8 Å². The van der Waals surface area contributed by atoms with E-state index in [1.54, 1.807) is 24.3 Å². The topological polar surface area (TPSA) is 148 Å². The SMILES string of the molecule is CCc1cc2c(=O)c(-c3ccc4c(c3)OCO4)coc2cc1O[C@@H]1O[C@@H](CO)[C@@H](O)[C@@H](O)[C@@H]1O. The Morgan fingerprint density at radius 1 is 1.03 bits per heavy atom. The number of rotatable bonds is 5. The fourth-order valence-corrected chi connectivity index (χ4v) is 4.14. The van der Waals surface area contributed by atoms with Crippen molar-refractivity contribution in [2.24, 2.45) is 0 Å². The van der Waals surface area contributed by atoms with Crippen LogP contribution in [-0.4, -0.2) is 64.5 Å². The van der Waals surface area contributed by atoms with Gasteiger partial charge in [-0.25, -0.2) is 0 Å². The molecule has 2 aromatic carbocycles. The molecule has 0 unspecified atom stereocenters. The first-order chi connectivity index (χ1) is 16.4. The smallest absolute Gasteiger partial charge is 0.231 e. The molecule has 0 spiro atoms. The Morgan fingerprint density at radius 3 is 2.59 bits per heavy atom. The van der Waals surface area contributed by atoms with Crippen LogP contribution in [0.15, 0.2) is 45.8 Å². The van der Waals surface area contributed by atoms with E-state index in [1.165, 1.54) is 12.3 Å². The molecule has 0 amide bonds. The molecule has 10 heteroatoms. The Labute approximate surface area is 193 Å². The van der Waals surface area contributed by atoms with Crippen molar-refractivity contribution in [1.82, 2.24) is 0 Å². The second kappa shape index (κ2) is 8.90. The van der Waals surface area contributed by atoms with E-state index < -0.39 is 37.3 Å². The number of hydrogen-bond acceptors (Lipinski definition) is 10. The van der Waals surface area contributed by atoms with E-state index in [1.807, 2.05) is 6.92 Å². The highest BCUT2D eigenvalue weighted by molar-refractivity contribution is 5.84. The molecule has 5 atom stereocenters. The van der Waals surface area contributed by atoms with Gasteiger partial charge in [0.05, 0.1) is 17.6 Å². The quantitative estimate of drug-likeness (QED) is 0.423. The molecule has 180 valence electrons. The first-order valence-corrected chi connectivity index (χ1v) is 10.9. The minimum Gasteiger partial charge on any atom is -0.463 e. The van der Waals surface area contributed by atoms with Gasteiger partial charge in [-0.2, -0.15) is 0 Å². The lowest BCUT2D eigenvalue weighted by Crippen LogP contribution is -2.60. The maximum Gasteiger partial charge on any atom is 0.231 e. The Kier molecular flexibility index (Phi) is 5.92. The molecular formula is C24H24O10. The molecule has 1 aromatic heterocycles. The highest BCUT2D eigenvalue weighted by Crippen LogP contribution is 2.36. The van der Waals surface area contributed by atoms with E-state index in [-0.39, 0.29) is 23.6 Å². The Morgan fingerprint density at radius 2 is 1.82 bits per heavy atom. The zero-order valence-corrected chi connectivity index (χ0v) is 18.2. The second-order valence-corrected chi connectivity index (χ2v) is 8.17. The Hall–Kier alpha value is -3.15. The molecule has 10 nitrogen and oxygen atoms in total. The van der Waals surface area contributed by atoms with Crippen molar-refractivity contribution in [2.45, 2.75) is 44.1 Å². The van der Waals surface area contributed by atoms with Gasteiger partial charge in [-0.15, -0.1) is 0 Å². The van der Waals surface area contributed by atoms with Crippen molar-refractivity contribution in [1.29, 1.82) is 0 Å². The number of aliphatic hydroxyl groups excluding tert-OH is 4. The van der Waals surface area contributed by atoms with Crippen LogP contribution in [0.3, 0.4) is 0 Å². The predicted octanol–water partition coefficient (Wildman–Crippen LogP) is 0.930. The summed E-state index contributed by atoms with van der Waals surface area (Å²) < 4.78 is 27.7. The van der Waals surface area contributed by atoms with Gasteiger partial charge in [0, 0.05) is 6.07 Å². The molecule has 2 aliphatic rings. The first-order valence-electron chi connectivity index (χ1n) is 10.9. The van der Waals surface area contributed by atoms with Crippen LogP contribution in [0.4, 0.5) is 0 Å². The monoisotopic (exact) mass is 472 g/mol. The van der Waals surface area contributed by atoms with Gasteiger partial charge < -0.3 is 43.8 Å². The van der Waals surface area contributed by atoms with Crippen LogP contribution in [0.5, 0.6) is 17.2 Å². The highest BCUT2D eigenvalue weighted by Gasteiger charge is 2.44. The molecule has 3 heterocycles. The summed E-state index contributed by atoms with van der Waals surface area (Å²) in [5.41, 5.74) is 1.63. The van der Waals surface area contributed by atoms with Crippen LogP contribution < -0.4 is 19.6 Å². The molecule has 0 radical (unpaired) electrons. The average Bonchev–Trinajstić information content (AvgIpc) is 3.32. The van der Waals surface area contributed by atoms with E-state index >= 15 is 0 Å². The maximum atomic E-state index is 13.3. The van der Waals surface area contributed by atoms with E-state index in [0.717, 1.165) is 0 Å². The van der Waals surface area contributed by atoms with Crippen LogP contribution in [0, 0.1) is 0 Å². The second-order valence-electron chi connectivity index (χ2n) is 8.17. The molecule has 5 rings (SSSR count). The van der Waals surface area contributed by atoms with Gasteiger partial charge in [-0.3, -0.25) is 4.79 Å². The molecule has 2 aliphatic heterocycles. The zero-order chi connectivity index (χ0) is 24.0. The summed E-state index contributed by atoms with van der Waals surface area (Å²) in [6.45, 7) is 1.42. The summed E-state index contributed by atoms with van der Waals surface area (Å²) in [6.07, 6.45) is -5.23. The minimum absolute atomic E-state index is 0.127. The van der Waals surface area contributed by atoms with Gasteiger partial charge in [-0.05, 0) is 35.7 Å². The summed E-state index contributed by atoms with van der Waals surface area (Å²) in [4.78, 5) is 13.3. The molecule has 1 fully saturated rings. The highest BCUT2D eigenvalue weighted by atomic mass is 16.7. The summed E-state index contributed by atoms with van der Waals surface area (Å²) in [5.74, 6) is 1.44. The van der Waals surface area contributed by atoms with E-state index in [0.29, 0.717) is 40.0 Å². The molecule has 4 N–H and O–H groups in total. The van der Waals surface area contributed by atoms with Gasteiger partial charge in [0.1, 0.15) is 42.0 Å². The van der Waals surface area contributed by atoms with Crippen molar-refractivity contribution in [3.63, 3.8) is 0 Å². The average molecular weight is 472 g/mol. The summed E-state index contributed by atoms with van der Waals surface area (Å²) >= 11 is 0. The van der Waals surface area contributed by atoms with Crippen molar-refractivity contribution >= 4 is 11.0 Å². The molecule has 0 aliphatic carbocycles. The molecule has 3 aromatic rings. The van der Waals surface area contributed by atoms with Crippen LogP contribution in [0.1, 0.15) is 12.5 Å². The van der Waals surface area contributed by atoms with Crippen molar-refractivity contribution in [3.8, 4) is 28.4 Å². The number of benzene rings is 2. The van der Waals surface area contributed by atoms with Gasteiger partial charge in [-0.1, -0.05) is 13.0 Å². The van der Waals surface area contributed by atoms with E-state index in [4.69, 9.17) is 23.4 Å². The third kappa shape index (κ3) is 3.79. The van der Waals surface area contributed by atoms with Gasteiger partial charge in [0.2, 0.25) is 18.5 Å². The third-order valence-electron chi connectivity index (χ3n) is 6.11. The zero-order valence-electron chi connectivity index (χ0n) is 18.2. The molecule has 0 saturated carbocycles. The van der Waals surface area contributed by atoms with Crippen LogP contribution in [0.2, 0.25) is 0 Å². The first kappa shape index (κ1) is 22.6. The number of aryl methyl sites for hydroxylation is 1. The Bertz CT molecular complexity index is 1270. The lowest BCUT2D eigenvalue weighted by molar-refractivity contribution is -0.277. The van der Waals surface area contributed by atoms with Gasteiger partial charge in [0.25, 0.3) is 0 Å². The van der Waals surface area contributed by atoms with E-state index in [2.05, 4.69) is 0 Å². The lowest BCUT2D eigenvalue weighted by Gasteiger charge is -2.39. The van der Waals surface area contributed by atoms with E-state index in [9.17, 15) is 25.2 Å². The standard InChI is InChI=1S/C24H24O10/c1-2-11-5-13-17(7-16(11)33-24-23(29)22(28)21(27)19(8-25)34-24)30-9-14(20(13)26)12-3-4-15-18(6-12)32-10-31-15/h3-7,9,19,21-25,27-29H,2,8,10H2,1H3/t19-,21+,22+,23-,24+/m0/s1. The number of hydrogen-bond donors (Lipinski definition) is 4. The van der Waals surface area contributed by atoms with Crippen LogP contribution in [-0.2, 0) is 11.2 Å². The fourth-order valence-electron chi connectivity index (χ4n) is 4.14. The molecule has 1 saturated heterocycles. The van der Waals surface area contributed by atoms with Crippen LogP contribution in [0.25, 0.3) is 22.1 Å². The van der Waals surface area contributed by atoms with Gasteiger partial charge >= 0.3 is 0 Å². The van der Waals surface area contributed by atoms with Crippen molar-refractivity contribution in [3.05, 3.63) is 52.4 Å². The maximum absolute atomic E-state index is 13.3. The Balaban J connectivity index is 1.50. The number of ether oxygens (including phenoxy) is 4. The third-order valence-corrected chi connectivity index (χ3v) is 6.11. The van der Waals surface area contributed by atoms with Crippen LogP contribution >= 0.6 is 0 Å². The summed E-state index contributed by atoms with van der Waals surface area (Å²) in [7, 11) is 0. The summed E-state index contributed by atoms with van der Waals surface area (Å²) in [6, 6.07) is 8.37. The minimum atomic E-state index is -1.57. The summed E-state index contributed by atoms with van der Waals surface area (Å²) in [5, 5.41) is 40.0. The normalized spacial score (nSPS) is 26.1. The predicted molar refractivity (Wildman–Crippen MR) is 118 cm³/mol. The fraction of sp³-hybridized carbons (Fsp3) is 0.375. The van der Waals surface area contributed by atoms with Gasteiger partial charge in [0.15, 0.2) is 11.5 Å². The van der Waals surface area contributed by atoms with Crippen molar-refractivity contribution in [2.75, 3.05) is 13.4 Å². The number of aliphatic hydroxyl groups is 4. The molecular weight excluding hydrogens is 448 g/mol.